The third-order valence-corrected chi connectivity index (χ3v) is 3.90. The molecule has 0 aliphatic heterocycles. The highest BCUT2D eigenvalue weighted by molar-refractivity contribution is 7.92. The van der Waals surface area contributed by atoms with E-state index < -0.39 is 15.8 Å². The molecule has 0 aliphatic carbocycles. The molecule has 0 saturated carbocycles. The van der Waals surface area contributed by atoms with E-state index in [1.807, 2.05) is 0 Å². The van der Waals surface area contributed by atoms with Gasteiger partial charge in [-0.25, -0.2) is 17.5 Å². The summed E-state index contributed by atoms with van der Waals surface area (Å²) in [6.45, 7) is 3.00. The molecule has 6 nitrogen and oxygen atoms in total. The van der Waals surface area contributed by atoms with Gasteiger partial charge in [-0.15, -0.1) is 0 Å². The highest BCUT2D eigenvalue weighted by Crippen LogP contribution is 2.23. The Morgan fingerprint density at radius 2 is 2.05 bits per heavy atom. The quantitative estimate of drug-likeness (QED) is 0.838. The van der Waals surface area contributed by atoms with Crippen LogP contribution >= 0.6 is 0 Å². The van der Waals surface area contributed by atoms with Gasteiger partial charge in [0.2, 0.25) is 0 Å². The van der Waals surface area contributed by atoms with Crippen molar-refractivity contribution in [2.24, 2.45) is 0 Å². The van der Waals surface area contributed by atoms with E-state index >= 15 is 0 Å². The molecule has 1 aromatic heterocycles. The smallest absolute Gasteiger partial charge is 0.309 e. The number of oxazole rings is 1. The van der Waals surface area contributed by atoms with Crippen LogP contribution in [0.25, 0.3) is 0 Å². The zero-order valence-corrected chi connectivity index (χ0v) is 11.1. The Bertz CT molecular complexity index is 725. The number of nitrogen functional groups attached to an aromatic ring is 1. The van der Waals surface area contributed by atoms with E-state index in [2.05, 4.69) is 9.71 Å². The maximum atomic E-state index is 13.5. The van der Waals surface area contributed by atoms with Crippen LogP contribution in [0.4, 0.5) is 16.1 Å². The predicted molar refractivity (Wildman–Crippen MR) is 67.6 cm³/mol. The molecule has 1 aromatic carbocycles. The van der Waals surface area contributed by atoms with Crippen LogP contribution in [0.5, 0.6) is 0 Å². The number of hydrogen-bond donors (Lipinski definition) is 2. The SMILES string of the molecule is Cc1coc(NS(=O)(=O)c2cc(N)cc(F)c2C)n1. The second-order valence-corrected chi connectivity index (χ2v) is 5.68. The lowest BCUT2D eigenvalue weighted by Crippen LogP contribution is -2.15. The van der Waals surface area contributed by atoms with Gasteiger partial charge in [-0.2, -0.15) is 4.98 Å². The fourth-order valence-electron chi connectivity index (χ4n) is 1.52. The van der Waals surface area contributed by atoms with Gasteiger partial charge in [0.05, 0.1) is 10.6 Å². The van der Waals surface area contributed by atoms with Gasteiger partial charge in [0.1, 0.15) is 12.1 Å². The number of anilines is 2. The van der Waals surface area contributed by atoms with Gasteiger partial charge in [-0.05, 0) is 26.0 Å². The number of hydrogen-bond acceptors (Lipinski definition) is 5. The third kappa shape index (κ3) is 2.68. The van der Waals surface area contributed by atoms with Gasteiger partial charge in [0.15, 0.2) is 0 Å². The first-order chi connectivity index (χ1) is 8.79. The molecule has 0 bridgehead atoms. The average molecular weight is 285 g/mol. The lowest BCUT2D eigenvalue weighted by molar-refractivity contribution is 0.567. The first-order valence-corrected chi connectivity index (χ1v) is 6.78. The number of benzene rings is 1. The van der Waals surface area contributed by atoms with E-state index in [0.717, 1.165) is 6.07 Å². The minimum atomic E-state index is -4.00. The van der Waals surface area contributed by atoms with Gasteiger partial charge in [0.25, 0.3) is 10.0 Å². The van der Waals surface area contributed by atoms with Crippen LogP contribution in [0.2, 0.25) is 0 Å². The molecule has 0 saturated heterocycles. The Hall–Kier alpha value is -2.09. The molecule has 0 radical (unpaired) electrons. The van der Waals surface area contributed by atoms with Crippen LogP contribution in [0.15, 0.2) is 27.7 Å². The molecule has 8 heteroatoms. The normalized spacial score (nSPS) is 11.5. The minimum Gasteiger partial charge on any atom is -0.431 e. The summed E-state index contributed by atoms with van der Waals surface area (Å²) in [7, 11) is -4.00. The van der Waals surface area contributed by atoms with Crippen LogP contribution in [-0.4, -0.2) is 13.4 Å². The number of halogens is 1. The van der Waals surface area contributed by atoms with Crippen molar-refractivity contribution >= 4 is 21.7 Å². The number of rotatable bonds is 3. The molecule has 3 N–H and O–H groups in total. The van der Waals surface area contributed by atoms with Gasteiger partial charge in [0, 0.05) is 11.3 Å². The number of nitrogens with one attached hydrogen (secondary N) is 1. The van der Waals surface area contributed by atoms with Crippen molar-refractivity contribution in [3.05, 3.63) is 35.5 Å². The molecule has 19 heavy (non-hydrogen) atoms. The van der Waals surface area contributed by atoms with E-state index in [-0.39, 0.29) is 22.2 Å². The molecule has 1 heterocycles. The fourth-order valence-corrected chi connectivity index (χ4v) is 2.75. The van der Waals surface area contributed by atoms with E-state index in [1.165, 1.54) is 19.3 Å². The lowest BCUT2D eigenvalue weighted by atomic mass is 10.2. The number of sulfonamides is 1. The van der Waals surface area contributed by atoms with Crippen LogP contribution in [0.1, 0.15) is 11.3 Å². The lowest BCUT2D eigenvalue weighted by Gasteiger charge is -2.09. The summed E-state index contributed by atoms with van der Waals surface area (Å²) in [5, 5.41) is 0. The molecule has 0 spiro atoms. The molecule has 0 aliphatic rings. The van der Waals surface area contributed by atoms with Crippen molar-refractivity contribution in [3.63, 3.8) is 0 Å². The maximum Gasteiger partial charge on any atom is 0.309 e. The standard InChI is InChI=1S/C11H12FN3O3S/c1-6-5-18-11(14-6)15-19(16,17)10-4-8(13)3-9(12)7(10)2/h3-5H,13H2,1-2H3,(H,14,15). The highest BCUT2D eigenvalue weighted by Gasteiger charge is 2.21. The average Bonchev–Trinajstić information content (AvgIpc) is 2.68. The molecule has 0 unspecified atom stereocenters. The highest BCUT2D eigenvalue weighted by atomic mass is 32.2. The molecule has 0 amide bonds. The summed E-state index contributed by atoms with van der Waals surface area (Å²) < 4.78 is 44.7. The topological polar surface area (TPSA) is 98.2 Å². The summed E-state index contributed by atoms with van der Waals surface area (Å²) in [6.07, 6.45) is 1.30. The molecule has 2 rings (SSSR count). The Balaban J connectivity index is 2.45. The summed E-state index contributed by atoms with van der Waals surface area (Å²) in [5.41, 5.74) is 5.97. The van der Waals surface area contributed by atoms with Crippen LogP contribution in [0, 0.1) is 19.7 Å². The first-order valence-electron chi connectivity index (χ1n) is 5.30. The van der Waals surface area contributed by atoms with Crippen molar-refractivity contribution in [1.82, 2.24) is 4.98 Å². The van der Waals surface area contributed by atoms with E-state index in [9.17, 15) is 12.8 Å². The molecule has 0 fully saturated rings. The number of nitrogens with zero attached hydrogens (tertiary/aromatic N) is 1. The fraction of sp³-hybridized carbons (Fsp3) is 0.182. The Morgan fingerprint density at radius 1 is 1.37 bits per heavy atom. The summed E-state index contributed by atoms with van der Waals surface area (Å²) in [5.74, 6) is -0.691. The number of aryl methyl sites for hydroxylation is 1. The number of nitrogens with two attached hydrogens (primary N) is 1. The van der Waals surface area contributed by atoms with Gasteiger partial charge >= 0.3 is 6.01 Å². The zero-order valence-electron chi connectivity index (χ0n) is 10.3. The Kier molecular flexibility index (Phi) is 3.19. The largest absolute Gasteiger partial charge is 0.431 e. The molecular weight excluding hydrogens is 273 g/mol. The second kappa shape index (κ2) is 4.54. The van der Waals surface area contributed by atoms with Crippen molar-refractivity contribution in [1.29, 1.82) is 0 Å². The Morgan fingerprint density at radius 3 is 2.63 bits per heavy atom. The van der Waals surface area contributed by atoms with Crippen LogP contribution in [-0.2, 0) is 10.0 Å². The summed E-state index contributed by atoms with van der Waals surface area (Å²) in [4.78, 5) is 3.56. The van der Waals surface area contributed by atoms with Crippen molar-refractivity contribution in [2.75, 3.05) is 10.5 Å². The van der Waals surface area contributed by atoms with Crippen molar-refractivity contribution in [2.45, 2.75) is 18.7 Å². The van der Waals surface area contributed by atoms with Gasteiger partial charge in [-0.3, -0.25) is 0 Å². The van der Waals surface area contributed by atoms with Crippen molar-refractivity contribution < 1.29 is 17.2 Å². The molecule has 102 valence electrons. The van der Waals surface area contributed by atoms with Gasteiger partial charge < -0.3 is 10.2 Å². The molecular formula is C11H12FN3O3S. The third-order valence-electron chi connectivity index (χ3n) is 2.45. The number of aromatic nitrogens is 1. The molecule has 0 atom stereocenters. The summed E-state index contributed by atoms with van der Waals surface area (Å²) >= 11 is 0. The zero-order chi connectivity index (χ0) is 14.2. The monoisotopic (exact) mass is 285 g/mol. The van der Waals surface area contributed by atoms with Crippen molar-refractivity contribution in [3.8, 4) is 0 Å². The summed E-state index contributed by atoms with van der Waals surface area (Å²) in [6, 6.07) is 2.06. The second-order valence-electron chi connectivity index (χ2n) is 4.03. The Labute approximate surface area is 109 Å². The minimum absolute atomic E-state index is 0.0204. The van der Waals surface area contributed by atoms with Crippen LogP contribution in [0.3, 0.4) is 0 Å². The van der Waals surface area contributed by atoms with E-state index in [0.29, 0.717) is 5.69 Å². The van der Waals surface area contributed by atoms with Crippen LogP contribution < -0.4 is 10.5 Å². The van der Waals surface area contributed by atoms with Gasteiger partial charge in [-0.1, -0.05) is 0 Å². The first kappa shape index (κ1) is 13.3. The van der Waals surface area contributed by atoms with E-state index in [1.54, 1.807) is 6.92 Å². The maximum absolute atomic E-state index is 13.5. The molecule has 2 aromatic rings. The van der Waals surface area contributed by atoms with E-state index in [4.69, 9.17) is 10.2 Å². The predicted octanol–water partition coefficient (Wildman–Crippen LogP) is 1.81.